The Morgan fingerprint density at radius 3 is 1.07 bits per heavy atom. The molecule has 8 bridgehead atoms. The van der Waals surface area contributed by atoms with Crippen LogP contribution in [0.5, 0.6) is 34.5 Å². The Balaban J connectivity index is 0.00000729. The van der Waals surface area contributed by atoms with E-state index in [0.29, 0.717) is 170 Å². The SMILES string of the molecule is CCCCOc1ccc(OCCCC)c2c1-c1nc-2nc2[n-]c(nc3nc(nc4[n-]c(n1)c1ccc(N=C=S)cc41)-c1c(OCCCC)ccc(OCCCC)c1-3)c1c(OCCCC)ccc(OCCCC)c21.[Zn+2]. The van der Waals surface area contributed by atoms with Crippen molar-refractivity contribution in [1.29, 1.82) is 0 Å². The summed E-state index contributed by atoms with van der Waals surface area (Å²) in [6.07, 6.45) is 10.8. The molecular weight excluding hydrogens is 1000 g/mol. The summed E-state index contributed by atoms with van der Waals surface area (Å²) >= 11 is 5.06. The van der Waals surface area contributed by atoms with E-state index < -0.39 is 0 Å². The van der Waals surface area contributed by atoms with Crippen molar-refractivity contribution in [2.45, 2.75) is 119 Å². The first kappa shape index (κ1) is 53.7. The van der Waals surface area contributed by atoms with E-state index in [9.17, 15) is 0 Å². The number of nitrogens with zero attached hydrogens (tertiary/aromatic N) is 9. The Hall–Kier alpha value is -6.54. The van der Waals surface area contributed by atoms with Crippen molar-refractivity contribution in [2.75, 3.05) is 39.6 Å². The van der Waals surface area contributed by atoms with Crippen LogP contribution in [0.2, 0.25) is 0 Å². The van der Waals surface area contributed by atoms with Gasteiger partial charge < -0.3 is 58.3 Å². The first-order valence-corrected chi connectivity index (χ1v) is 26.6. The van der Waals surface area contributed by atoms with Gasteiger partial charge in [0.2, 0.25) is 0 Å². The molecule has 0 amide bonds. The molecular formula is C57H63N9O6SZn. The predicted molar refractivity (Wildman–Crippen MR) is 291 cm³/mol. The van der Waals surface area contributed by atoms with E-state index in [4.69, 9.17) is 80.5 Å². The van der Waals surface area contributed by atoms with E-state index in [0.717, 1.165) is 77.0 Å². The second-order valence-electron chi connectivity index (χ2n) is 18.1. The molecule has 2 aliphatic heterocycles. The van der Waals surface area contributed by atoms with Crippen LogP contribution >= 0.6 is 12.2 Å². The van der Waals surface area contributed by atoms with E-state index in [1.165, 1.54) is 0 Å². The maximum Gasteiger partial charge on any atom is 2.00 e. The van der Waals surface area contributed by atoms with Crippen LogP contribution in [0.25, 0.3) is 89.7 Å². The molecule has 15 nitrogen and oxygen atoms in total. The summed E-state index contributed by atoms with van der Waals surface area (Å²) in [7, 11) is 0. The quantitative estimate of drug-likeness (QED) is 0.0229. The molecule has 0 radical (unpaired) electrons. The van der Waals surface area contributed by atoms with Crippen LogP contribution in [-0.2, 0) is 19.5 Å². The zero-order valence-corrected chi connectivity index (χ0v) is 47.3. The summed E-state index contributed by atoms with van der Waals surface area (Å²) in [4.78, 5) is 46.8. The molecule has 17 heteroatoms. The number of rotatable bonds is 25. The summed E-state index contributed by atoms with van der Waals surface area (Å²) in [6.45, 7) is 15.7. The fraction of sp³-hybridized carbons (Fsp3) is 0.421. The van der Waals surface area contributed by atoms with Crippen molar-refractivity contribution in [1.82, 2.24) is 39.9 Å². The van der Waals surface area contributed by atoms with Crippen molar-refractivity contribution in [3.05, 3.63) is 54.6 Å². The van der Waals surface area contributed by atoms with Crippen LogP contribution in [0.15, 0.2) is 59.6 Å². The molecule has 74 heavy (non-hydrogen) atoms. The number of aromatic nitrogens is 8. The number of isothiocyanates is 1. The predicted octanol–water partition coefficient (Wildman–Crippen LogP) is 13.9. The van der Waals surface area contributed by atoms with Gasteiger partial charge >= 0.3 is 19.5 Å². The van der Waals surface area contributed by atoms with Crippen molar-refractivity contribution in [3.63, 3.8) is 0 Å². The van der Waals surface area contributed by atoms with Crippen LogP contribution in [0.3, 0.4) is 0 Å². The molecule has 0 atom stereocenters. The molecule has 380 valence electrons. The number of hydrogen-bond acceptors (Lipinski definition) is 14. The van der Waals surface area contributed by atoms with Gasteiger partial charge in [0.1, 0.15) is 34.5 Å². The Labute approximate surface area is 450 Å². The molecule has 0 spiro atoms. The van der Waals surface area contributed by atoms with E-state index >= 15 is 0 Å². The smallest absolute Gasteiger partial charge is 0.493 e. The minimum absolute atomic E-state index is 0. The van der Waals surface area contributed by atoms with Gasteiger partial charge in [-0.1, -0.05) is 86.1 Å². The number of unbranched alkanes of at least 4 members (excludes halogenated alkanes) is 6. The third-order valence-electron chi connectivity index (χ3n) is 12.6. The molecule has 4 aromatic carbocycles. The van der Waals surface area contributed by atoms with Crippen molar-refractivity contribution in [2.24, 2.45) is 4.99 Å². The van der Waals surface area contributed by atoms with Gasteiger partial charge in [-0.05, 0) is 110 Å². The summed E-state index contributed by atoms with van der Waals surface area (Å²) < 4.78 is 39.6. The normalized spacial score (nSPS) is 11.4. The average Bonchev–Trinajstić information content (AvgIpc) is 4.16. The van der Waals surface area contributed by atoms with Gasteiger partial charge in [0.15, 0.2) is 0 Å². The summed E-state index contributed by atoms with van der Waals surface area (Å²) in [5.41, 5.74) is 4.43. The van der Waals surface area contributed by atoms with Crippen molar-refractivity contribution < 1.29 is 47.9 Å². The zero-order valence-electron chi connectivity index (χ0n) is 43.5. The van der Waals surface area contributed by atoms with Gasteiger partial charge in [0.25, 0.3) is 0 Å². The minimum Gasteiger partial charge on any atom is -0.493 e. The first-order valence-electron chi connectivity index (χ1n) is 26.1. The van der Waals surface area contributed by atoms with Crippen LogP contribution in [0.1, 0.15) is 119 Å². The minimum atomic E-state index is 0. The topological polar surface area (TPSA) is 173 Å². The Bertz CT molecular complexity index is 3340. The monoisotopic (exact) mass is 1070 g/mol. The summed E-state index contributed by atoms with van der Waals surface area (Å²) in [5.74, 6) is 4.83. The second-order valence-corrected chi connectivity index (χ2v) is 18.2. The van der Waals surface area contributed by atoms with E-state index in [2.05, 4.69) is 51.7 Å². The third-order valence-corrected chi connectivity index (χ3v) is 12.7. The fourth-order valence-electron chi connectivity index (χ4n) is 8.65. The number of benzene rings is 4. The summed E-state index contributed by atoms with van der Waals surface area (Å²) in [6, 6.07) is 17.2. The van der Waals surface area contributed by atoms with E-state index in [1.54, 1.807) is 0 Å². The Morgan fingerprint density at radius 1 is 0.405 bits per heavy atom. The second kappa shape index (κ2) is 25.6. The van der Waals surface area contributed by atoms with Crippen molar-refractivity contribution >= 4 is 67.2 Å². The number of thiocarbonyl (C=S) groups is 1. The number of fused-ring (bicyclic) bond motifs is 20. The molecule has 0 fully saturated rings. The molecule has 2 aliphatic rings. The molecule has 0 aliphatic carbocycles. The van der Waals surface area contributed by atoms with Crippen molar-refractivity contribution in [3.8, 4) is 80.0 Å². The average molecular weight is 1070 g/mol. The fourth-order valence-corrected chi connectivity index (χ4v) is 8.76. The van der Waals surface area contributed by atoms with Gasteiger partial charge in [-0.25, -0.2) is 9.97 Å². The van der Waals surface area contributed by atoms with E-state index in [-0.39, 0.29) is 19.5 Å². The maximum atomic E-state index is 6.62. The zero-order chi connectivity index (χ0) is 50.7. The Kier molecular flexibility index (Phi) is 18.6. The molecule has 7 aromatic rings. The van der Waals surface area contributed by atoms with Crippen LogP contribution in [0, 0.1) is 0 Å². The van der Waals surface area contributed by atoms with Crippen LogP contribution in [-0.4, -0.2) is 74.7 Å². The number of hydrogen-bond donors (Lipinski definition) is 0. The van der Waals surface area contributed by atoms with Gasteiger partial charge in [0, 0.05) is 33.4 Å². The molecule has 0 saturated heterocycles. The Morgan fingerprint density at radius 2 is 0.716 bits per heavy atom. The van der Waals surface area contributed by atoms with Gasteiger partial charge in [-0.3, -0.25) is 0 Å². The summed E-state index contributed by atoms with van der Waals surface area (Å²) in [5, 5.41) is 5.11. The molecule has 9 rings (SSSR count). The molecule has 3 aromatic heterocycles. The van der Waals surface area contributed by atoms with Crippen LogP contribution in [0.4, 0.5) is 5.69 Å². The van der Waals surface area contributed by atoms with E-state index in [1.807, 2.05) is 54.6 Å². The maximum absolute atomic E-state index is 6.62. The number of aliphatic imine (C=N–C) groups is 1. The molecule has 0 saturated carbocycles. The molecule has 0 N–H and O–H groups in total. The van der Waals surface area contributed by atoms with Crippen LogP contribution < -0.4 is 38.4 Å². The molecule has 5 heterocycles. The van der Waals surface area contributed by atoms with Gasteiger partial charge in [0.05, 0.1) is 96.0 Å². The largest absolute Gasteiger partial charge is 2.00 e. The standard InChI is InChI=1S/C57H63N9O6S.Zn/c1-7-13-27-67-38-21-23-40(69-29-15-9-3)46-44(38)52-60-50-36-20-19-35(58-34-73)33-37(36)51(59-50)61-53-45-39(68-28-14-8-2)22-24-41(70-30-16-10-4)47(45)55(63-53)65-57-49-43(72-32-18-12-6)26-25-42(71-31-17-11-5)48(49)56(66-57)64-54(46)62-52;/h19-26,33H,7-18,27-32H2,1-6H3;/q-2;+2. The first-order chi connectivity index (χ1) is 35.9. The molecule has 0 unspecified atom stereocenters. The van der Waals surface area contributed by atoms with Gasteiger partial charge in [-0.2, -0.15) is 4.99 Å². The van der Waals surface area contributed by atoms with Gasteiger partial charge in [-0.15, -0.1) is 0 Å². The third kappa shape index (κ3) is 11.4. The number of ether oxygens (including phenoxy) is 6.